The van der Waals surface area contributed by atoms with Gasteiger partial charge in [-0.15, -0.1) is 0 Å². The molecule has 0 saturated heterocycles. The van der Waals surface area contributed by atoms with Crippen LogP contribution >= 0.6 is 15.9 Å². The lowest BCUT2D eigenvalue weighted by Gasteiger charge is -2.08. The first-order valence-electron chi connectivity index (χ1n) is 5.98. The molecule has 0 unspecified atom stereocenters. The predicted octanol–water partition coefficient (Wildman–Crippen LogP) is 3.50. The van der Waals surface area contributed by atoms with Crippen molar-refractivity contribution in [3.05, 3.63) is 71.8 Å². The van der Waals surface area contributed by atoms with Gasteiger partial charge in [-0.25, -0.2) is 0 Å². The van der Waals surface area contributed by atoms with E-state index in [4.69, 9.17) is 0 Å². The first-order chi connectivity index (χ1) is 9.18. The Labute approximate surface area is 120 Å². The van der Waals surface area contributed by atoms with Crippen molar-refractivity contribution < 1.29 is 9.59 Å². The zero-order chi connectivity index (χ0) is 13.7. The maximum atomic E-state index is 12.1. The molecule has 0 aliphatic rings. The molecule has 0 aromatic heterocycles. The Bertz CT molecular complexity index is 564. The van der Waals surface area contributed by atoms with Gasteiger partial charge in [0, 0.05) is 6.42 Å². The van der Waals surface area contributed by atoms with Crippen LogP contribution < -0.4 is 0 Å². The second kappa shape index (κ2) is 6.43. The average Bonchev–Trinajstić information content (AvgIpc) is 2.47. The minimum Gasteiger partial charge on any atom is -0.290 e. The van der Waals surface area contributed by atoms with E-state index < -0.39 is 10.6 Å². The highest BCUT2D eigenvalue weighted by Gasteiger charge is 2.23. The maximum absolute atomic E-state index is 12.1. The van der Waals surface area contributed by atoms with Gasteiger partial charge in [-0.05, 0) is 11.1 Å². The van der Waals surface area contributed by atoms with Crippen molar-refractivity contribution in [2.75, 3.05) is 0 Å². The second-order valence-corrected chi connectivity index (χ2v) is 5.14. The summed E-state index contributed by atoms with van der Waals surface area (Å²) in [5.74, 6) is -0.785. The van der Waals surface area contributed by atoms with Crippen molar-refractivity contribution in [1.82, 2.24) is 0 Å². The summed E-state index contributed by atoms with van der Waals surface area (Å²) < 4.78 is 0. The largest absolute Gasteiger partial charge is 0.290 e. The molecule has 0 radical (unpaired) electrons. The summed E-state index contributed by atoms with van der Waals surface area (Å²) in [6, 6.07) is 18.5. The zero-order valence-electron chi connectivity index (χ0n) is 10.3. The summed E-state index contributed by atoms with van der Waals surface area (Å²) in [5, 5.41) is 0. The fraction of sp³-hybridized carbons (Fsp3) is 0.125. The number of benzene rings is 2. The van der Waals surface area contributed by atoms with E-state index in [9.17, 15) is 9.59 Å². The average molecular weight is 317 g/mol. The highest BCUT2D eigenvalue weighted by molar-refractivity contribution is 9.09. The lowest BCUT2D eigenvalue weighted by atomic mass is 10.0. The molecule has 2 aromatic rings. The molecular weight excluding hydrogens is 304 g/mol. The van der Waals surface area contributed by atoms with E-state index >= 15 is 0 Å². The highest BCUT2D eigenvalue weighted by Crippen LogP contribution is 2.24. The van der Waals surface area contributed by atoms with Gasteiger partial charge in [0.15, 0.2) is 0 Å². The van der Waals surface area contributed by atoms with Crippen molar-refractivity contribution in [3.63, 3.8) is 0 Å². The fourth-order valence-electron chi connectivity index (χ4n) is 1.78. The third kappa shape index (κ3) is 3.61. The predicted molar refractivity (Wildman–Crippen MR) is 78.3 cm³/mol. The molecule has 0 heterocycles. The summed E-state index contributed by atoms with van der Waals surface area (Å²) >= 11 is 3.29. The van der Waals surface area contributed by atoms with E-state index in [0.717, 1.165) is 11.1 Å². The third-order valence-electron chi connectivity index (χ3n) is 2.80. The monoisotopic (exact) mass is 316 g/mol. The molecule has 0 saturated carbocycles. The Morgan fingerprint density at radius 3 is 2.00 bits per heavy atom. The molecule has 2 nitrogen and oxygen atoms in total. The molecule has 19 heavy (non-hydrogen) atoms. The van der Waals surface area contributed by atoms with Crippen LogP contribution in [0.25, 0.3) is 0 Å². The minimum absolute atomic E-state index is 0.147. The van der Waals surface area contributed by atoms with Crippen LogP contribution in [-0.4, -0.2) is 11.6 Å². The van der Waals surface area contributed by atoms with Crippen LogP contribution in [0.15, 0.2) is 60.7 Å². The van der Waals surface area contributed by atoms with E-state index in [2.05, 4.69) is 15.9 Å². The van der Waals surface area contributed by atoms with Gasteiger partial charge < -0.3 is 0 Å². The molecular formula is C16H13BrO2. The van der Waals surface area contributed by atoms with Gasteiger partial charge in [-0.1, -0.05) is 76.6 Å². The zero-order valence-corrected chi connectivity index (χ0v) is 11.8. The molecule has 0 bridgehead atoms. The lowest BCUT2D eigenvalue weighted by molar-refractivity contribution is -0.135. The summed E-state index contributed by atoms with van der Waals surface area (Å²) in [6.07, 6.45) is 0.147. The molecule has 1 atom stereocenters. The van der Waals surface area contributed by atoms with Crippen molar-refractivity contribution in [1.29, 1.82) is 0 Å². The van der Waals surface area contributed by atoms with E-state index in [1.807, 2.05) is 60.7 Å². The topological polar surface area (TPSA) is 34.1 Å². The van der Waals surface area contributed by atoms with E-state index in [-0.39, 0.29) is 12.2 Å². The van der Waals surface area contributed by atoms with Gasteiger partial charge in [0.25, 0.3) is 0 Å². The Hall–Kier alpha value is -1.74. The van der Waals surface area contributed by atoms with Crippen LogP contribution in [0.5, 0.6) is 0 Å². The van der Waals surface area contributed by atoms with E-state index in [1.54, 1.807) is 0 Å². The number of ketones is 2. The van der Waals surface area contributed by atoms with Crippen molar-refractivity contribution in [2.45, 2.75) is 11.2 Å². The molecule has 2 aromatic carbocycles. The quantitative estimate of drug-likeness (QED) is 0.625. The van der Waals surface area contributed by atoms with Gasteiger partial charge in [-0.3, -0.25) is 9.59 Å². The van der Waals surface area contributed by atoms with Crippen LogP contribution in [0.4, 0.5) is 0 Å². The van der Waals surface area contributed by atoms with Crippen molar-refractivity contribution in [3.8, 4) is 0 Å². The van der Waals surface area contributed by atoms with Gasteiger partial charge in [0.1, 0.15) is 4.83 Å². The first-order valence-corrected chi connectivity index (χ1v) is 6.90. The molecule has 2 rings (SSSR count). The Morgan fingerprint density at radius 2 is 1.42 bits per heavy atom. The molecule has 0 amide bonds. The molecule has 96 valence electrons. The van der Waals surface area contributed by atoms with Crippen LogP contribution in [0.1, 0.15) is 16.0 Å². The third-order valence-corrected chi connectivity index (χ3v) is 3.75. The number of Topliss-reactive ketones (excluding diaryl/α,β-unsaturated/α-hetero) is 2. The molecule has 0 fully saturated rings. The highest BCUT2D eigenvalue weighted by atomic mass is 79.9. The molecule has 0 aliphatic carbocycles. The summed E-state index contributed by atoms with van der Waals surface area (Å²) in [4.78, 5) is 23.4. The van der Waals surface area contributed by atoms with Gasteiger partial charge in [-0.2, -0.15) is 0 Å². The van der Waals surface area contributed by atoms with E-state index in [1.165, 1.54) is 0 Å². The minimum atomic E-state index is -0.565. The van der Waals surface area contributed by atoms with Crippen LogP contribution in [-0.2, 0) is 16.0 Å². The van der Waals surface area contributed by atoms with Crippen LogP contribution in [0.2, 0.25) is 0 Å². The lowest BCUT2D eigenvalue weighted by Crippen LogP contribution is -2.20. The summed E-state index contributed by atoms with van der Waals surface area (Å²) in [5.41, 5.74) is 1.66. The standard InChI is InChI=1S/C16H13BrO2/c17-15(13-9-5-2-6-10-13)16(19)14(18)11-12-7-3-1-4-8-12/h1-10,15H,11H2/t15-/m0/s1. The number of hydrogen-bond donors (Lipinski definition) is 0. The Kier molecular flexibility index (Phi) is 4.63. The summed E-state index contributed by atoms with van der Waals surface area (Å²) in [7, 11) is 0. The van der Waals surface area contributed by atoms with Crippen molar-refractivity contribution in [2.24, 2.45) is 0 Å². The van der Waals surface area contributed by atoms with Gasteiger partial charge in [0.05, 0.1) is 0 Å². The molecule has 0 N–H and O–H groups in total. The molecule has 3 heteroatoms. The second-order valence-electron chi connectivity index (χ2n) is 4.22. The number of alkyl halides is 1. The van der Waals surface area contributed by atoms with Crippen molar-refractivity contribution >= 4 is 27.5 Å². The maximum Gasteiger partial charge on any atom is 0.216 e. The first kappa shape index (κ1) is 13.7. The van der Waals surface area contributed by atoms with Crippen LogP contribution in [0, 0.1) is 0 Å². The number of carbonyl (C=O) groups is 2. The normalized spacial score (nSPS) is 11.8. The SMILES string of the molecule is O=C(Cc1ccccc1)C(=O)[C@@H](Br)c1ccccc1. The van der Waals surface area contributed by atoms with Gasteiger partial charge >= 0.3 is 0 Å². The Balaban J connectivity index is 2.06. The smallest absolute Gasteiger partial charge is 0.216 e. The van der Waals surface area contributed by atoms with Crippen LogP contribution in [0.3, 0.4) is 0 Å². The molecule has 0 aliphatic heterocycles. The molecule has 0 spiro atoms. The summed E-state index contributed by atoms with van der Waals surface area (Å²) in [6.45, 7) is 0. The number of hydrogen-bond acceptors (Lipinski definition) is 2. The number of halogens is 1. The van der Waals surface area contributed by atoms with E-state index in [0.29, 0.717) is 0 Å². The van der Waals surface area contributed by atoms with Gasteiger partial charge in [0.2, 0.25) is 11.6 Å². The fourth-order valence-corrected chi connectivity index (χ4v) is 2.34. The number of carbonyl (C=O) groups excluding carboxylic acids is 2. The number of rotatable bonds is 5. The Morgan fingerprint density at radius 1 is 0.895 bits per heavy atom.